The fourth-order valence-electron chi connectivity index (χ4n) is 2.02. The summed E-state index contributed by atoms with van der Waals surface area (Å²) in [7, 11) is 0.397. The van der Waals surface area contributed by atoms with Gasteiger partial charge in [0.25, 0.3) is 5.91 Å². The zero-order valence-corrected chi connectivity index (χ0v) is 13.5. The molecule has 0 fully saturated rings. The molecule has 5 nitrogen and oxygen atoms in total. The Kier molecular flexibility index (Phi) is 4.51. The summed E-state index contributed by atoms with van der Waals surface area (Å²) in [6, 6.07) is 13.5. The van der Waals surface area contributed by atoms with Crippen molar-refractivity contribution in [1.29, 1.82) is 0 Å². The van der Waals surface area contributed by atoms with Crippen molar-refractivity contribution in [3.63, 3.8) is 0 Å². The maximum atomic E-state index is 12.3. The van der Waals surface area contributed by atoms with E-state index in [-0.39, 0.29) is 10.5 Å². The maximum absolute atomic E-state index is 12.3. The van der Waals surface area contributed by atoms with E-state index in [0.717, 1.165) is 11.9 Å². The maximum Gasteiger partial charge on any atom is 0.256 e. The van der Waals surface area contributed by atoms with E-state index in [0.29, 0.717) is 5.69 Å². The second kappa shape index (κ2) is 6.19. The van der Waals surface area contributed by atoms with Crippen LogP contribution in [0, 0.1) is 0 Å². The Morgan fingerprint density at radius 3 is 2.14 bits per heavy atom. The highest BCUT2D eigenvalue weighted by Gasteiger charge is 2.18. The molecule has 116 valence electrons. The van der Waals surface area contributed by atoms with E-state index in [4.69, 9.17) is 0 Å². The topological polar surface area (TPSA) is 66.5 Å². The lowest BCUT2D eigenvalue weighted by Gasteiger charge is -2.13. The number of benzene rings is 2. The molecule has 2 rings (SSSR count). The lowest BCUT2D eigenvalue weighted by molar-refractivity contribution is 0.102. The number of hydrogen-bond donors (Lipinski definition) is 1. The monoisotopic (exact) mass is 318 g/mol. The number of anilines is 2. The summed E-state index contributed by atoms with van der Waals surface area (Å²) in [5.41, 5.74) is 1.76. The van der Waals surface area contributed by atoms with E-state index < -0.39 is 15.7 Å². The van der Waals surface area contributed by atoms with E-state index in [2.05, 4.69) is 5.32 Å². The largest absolute Gasteiger partial charge is 0.378 e. The number of amides is 1. The lowest BCUT2D eigenvalue weighted by atomic mass is 10.2. The molecule has 0 aliphatic carbocycles. The second-order valence-corrected chi connectivity index (χ2v) is 7.15. The number of nitrogens with one attached hydrogen (secondary N) is 1. The van der Waals surface area contributed by atoms with Crippen LogP contribution in [0.25, 0.3) is 0 Å². The molecule has 0 bridgehead atoms. The Morgan fingerprint density at radius 2 is 1.59 bits per heavy atom. The molecule has 0 aliphatic heterocycles. The molecule has 0 saturated heterocycles. The molecule has 0 radical (unpaired) electrons. The summed E-state index contributed by atoms with van der Waals surface area (Å²) in [6.45, 7) is 0. The Labute approximate surface area is 130 Å². The predicted octanol–water partition coefficient (Wildman–Crippen LogP) is 2.41. The van der Waals surface area contributed by atoms with Crippen molar-refractivity contribution in [2.45, 2.75) is 4.90 Å². The van der Waals surface area contributed by atoms with Gasteiger partial charge in [-0.05, 0) is 36.4 Å². The van der Waals surface area contributed by atoms with Gasteiger partial charge in [-0.15, -0.1) is 0 Å². The first-order chi connectivity index (χ1) is 10.3. The minimum atomic E-state index is -3.46. The molecule has 2 aromatic rings. The molecule has 1 amide bonds. The van der Waals surface area contributed by atoms with Gasteiger partial charge in [0.1, 0.15) is 0 Å². The van der Waals surface area contributed by atoms with Crippen molar-refractivity contribution in [3.05, 3.63) is 54.1 Å². The highest BCUT2D eigenvalue weighted by atomic mass is 32.2. The third-order valence-electron chi connectivity index (χ3n) is 3.17. The van der Waals surface area contributed by atoms with Gasteiger partial charge in [0, 0.05) is 31.7 Å². The molecule has 0 aliphatic rings. The van der Waals surface area contributed by atoms with E-state index in [1.165, 1.54) is 12.1 Å². The molecule has 0 heterocycles. The third-order valence-corrected chi connectivity index (χ3v) is 4.33. The standard InChI is InChI=1S/C16H18N2O3S/c1-18(2)13-10-8-12(9-11-13)17-16(19)14-6-4-5-7-15(14)22(3,20)21/h4-11H,1-3H3,(H,17,19). The van der Waals surface area contributed by atoms with Crippen LogP contribution in [0.5, 0.6) is 0 Å². The molecule has 22 heavy (non-hydrogen) atoms. The zero-order valence-electron chi connectivity index (χ0n) is 12.7. The van der Waals surface area contributed by atoms with Crippen LogP contribution in [0.3, 0.4) is 0 Å². The average Bonchev–Trinajstić information content (AvgIpc) is 2.47. The summed E-state index contributed by atoms with van der Waals surface area (Å²) in [4.78, 5) is 14.3. The molecular formula is C16H18N2O3S. The minimum Gasteiger partial charge on any atom is -0.378 e. The van der Waals surface area contributed by atoms with Crippen molar-refractivity contribution < 1.29 is 13.2 Å². The molecule has 1 N–H and O–H groups in total. The number of carbonyl (C=O) groups excluding carboxylic acids is 1. The van der Waals surface area contributed by atoms with E-state index in [9.17, 15) is 13.2 Å². The first-order valence-corrected chi connectivity index (χ1v) is 8.56. The number of rotatable bonds is 4. The van der Waals surface area contributed by atoms with Crippen molar-refractivity contribution in [2.75, 3.05) is 30.6 Å². The number of nitrogens with zero attached hydrogens (tertiary/aromatic N) is 1. The second-order valence-electron chi connectivity index (χ2n) is 5.16. The van der Waals surface area contributed by atoms with Gasteiger partial charge >= 0.3 is 0 Å². The van der Waals surface area contributed by atoms with Gasteiger partial charge in [-0.1, -0.05) is 12.1 Å². The Hall–Kier alpha value is -2.34. The summed E-state index contributed by atoms with van der Waals surface area (Å²) in [5.74, 6) is -0.446. The van der Waals surface area contributed by atoms with Crippen molar-refractivity contribution in [1.82, 2.24) is 0 Å². The van der Waals surface area contributed by atoms with Crippen LogP contribution in [0.15, 0.2) is 53.4 Å². The summed E-state index contributed by atoms with van der Waals surface area (Å²) < 4.78 is 23.5. The van der Waals surface area contributed by atoms with Crippen LogP contribution in [-0.2, 0) is 9.84 Å². The summed E-state index contributed by atoms with van der Waals surface area (Å²) >= 11 is 0. The molecular weight excluding hydrogens is 300 g/mol. The molecule has 2 aromatic carbocycles. The molecule has 0 aromatic heterocycles. The number of sulfone groups is 1. The van der Waals surface area contributed by atoms with Crippen LogP contribution in [0.4, 0.5) is 11.4 Å². The molecule has 0 unspecified atom stereocenters. The van der Waals surface area contributed by atoms with Gasteiger partial charge < -0.3 is 10.2 Å². The third kappa shape index (κ3) is 3.65. The molecule has 0 atom stereocenters. The zero-order chi connectivity index (χ0) is 16.3. The quantitative estimate of drug-likeness (QED) is 0.940. The lowest BCUT2D eigenvalue weighted by Crippen LogP contribution is -2.16. The van der Waals surface area contributed by atoms with Crippen LogP contribution in [-0.4, -0.2) is 34.7 Å². The van der Waals surface area contributed by atoms with Crippen LogP contribution < -0.4 is 10.2 Å². The fourth-order valence-corrected chi connectivity index (χ4v) is 2.90. The van der Waals surface area contributed by atoms with E-state index >= 15 is 0 Å². The van der Waals surface area contributed by atoms with Crippen molar-refractivity contribution in [3.8, 4) is 0 Å². The first kappa shape index (κ1) is 16.0. The highest BCUT2D eigenvalue weighted by Crippen LogP contribution is 2.19. The van der Waals surface area contributed by atoms with E-state index in [1.54, 1.807) is 24.3 Å². The van der Waals surface area contributed by atoms with Gasteiger partial charge in [-0.2, -0.15) is 0 Å². The van der Waals surface area contributed by atoms with Crippen LogP contribution in [0.2, 0.25) is 0 Å². The summed E-state index contributed by atoms with van der Waals surface area (Å²) in [5, 5.41) is 2.71. The van der Waals surface area contributed by atoms with Gasteiger partial charge in [-0.3, -0.25) is 4.79 Å². The van der Waals surface area contributed by atoms with Crippen molar-refractivity contribution in [2.24, 2.45) is 0 Å². The molecule has 6 heteroatoms. The first-order valence-electron chi connectivity index (χ1n) is 6.67. The van der Waals surface area contributed by atoms with Crippen LogP contribution >= 0.6 is 0 Å². The molecule has 0 spiro atoms. The van der Waals surface area contributed by atoms with Gasteiger partial charge in [0.15, 0.2) is 9.84 Å². The highest BCUT2D eigenvalue weighted by molar-refractivity contribution is 7.90. The van der Waals surface area contributed by atoms with Gasteiger partial charge in [-0.25, -0.2) is 8.42 Å². The van der Waals surface area contributed by atoms with Gasteiger partial charge in [0.2, 0.25) is 0 Å². The minimum absolute atomic E-state index is 0.0254. The summed E-state index contributed by atoms with van der Waals surface area (Å²) in [6.07, 6.45) is 1.09. The SMILES string of the molecule is CN(C)c1ccc(NC(=O)c2ccccc2S(C)(=O)=O)cc1. The Balaban J connectivity index is 2.27. The normalized spacial score (nSPS) is 11.0. The number of hydrogen-bond acceptors (Lipinski definition) is 4. The van der Waals surface area contributed by atoms with Crippen molar-refractivity contribution >= 4 is 27.1 Å². The van der Waals surface area contributed by atoms with Gasteiger partial charge in [0.05, 0.1) is 10.5 Å². The predicted molar refractivity (Wildman–Crippen MR) is 88.3 cm³/mol. The van der Waals surface area contributed by atoms with Crippen LogP contribution in [0.1, 0.15) is 10.4 Å². The Bertz CT molecular complexity index is 781. The fraction of sp³-hybridized carbons (Fsp3) is 0.188. The average molecular weight is 318 g/mol. The smallest absolute Gasteiger partial charge is 0.256 e. The number of carbonyl (C=O) groups is 1. The van der Waals surface area contributed by atoms with E-state index in [1.807, 2.05) is 31.1 Å². The molecule has 0 saturated carbocycles. The Morgan fingerprint density at radius 1 is 1.00 bits per heavy atom.